The number of nitrogens with zero attached hydrogens (tertiary/aromatic N) is 2. The quantitative estimate of drug-likeness (QED) is 0.346. The zero-order valence-corrected chi connectivity index (χ0v) is 19.5. The lowest BCUT2D eigenvalue weighted by molar-refractivity contribution is -0.120. The van der Waals surface area contributed by atoms with Crippen molar-refractivity contribution in [3.63, 3.8) is 0 Å². The van der Waals surface area contributed by atoms with E-state index in [1.54, 1.807) is 4.90 Å². The number of H-pyrrole nitrogens is 1. The number of anilines is 1. The highest BCUT2D eigenvalue weighted by Gasteiger charge is 2.36. The molecule has 1 atom stereocenters. The summed E-state index contributed by atoms with van der Waals surface area (Å²) < 4.78 is 0. The molecule has 2 amide bonds. The monoisotopic (exact) mass is 472 g/mol. The Hall–Kier alpha value is -4.71. The zero-order chi connectivity index (χ0) is 24.5. The maximum Gasteiger partial charge on any atom is 0.255 e. The number of aromatic nitrogens is 2. The van der Waals surface area contributed by atoms with Gasteiger partial charge in [0.1, 0.15) is 11.9 Å². The lowest BCUT2D eigenvalue weighted by atomic mass is 10.0. The first kappa shape index (κ1) is 21.8. The van der Waals surface area contributed by atoms with Gasteiger partial charge in [0.05, 0.1) is 11.0 Å². The van der Waals surface area contributed by atoms with Crippen molar-refractivity contribution in [2.45, 2.75) is 19.0 Å². The standard InChI is InChI=1S/C30H24N4O2/c35-29(31-23-16-14-21(15-17-23)28-32-25-12-6-7-13-26(25)33-28)27(18-20-8-2-1-3-9-20)34-19-22-10-4-5-11-24(22)30(34)36/h1-17,27H,18-19H2,(H,31,35)(H,32,33). The predicted molar refractivity (Wildman–Crippen MR) is 140 cm³/mol. The number of hydrogen-bond acceptors (Lipinski definition) is 3. The maximum absolute atomic E-state index is 13.5. The second-order valence-electron chi connectivity index (χ2n) is 8.96. The molecule has 1 aliphatic heterocycles. The van der Waals surface area contributed by atoms with Crippen LogP contribution >= 0.6 is 0 Å². The number of rotatable bonds is 6. The topological polar surface area (TPSA) is 78.1 Å². The van der Waals surface area contributed by atoms with Crippen molar-refractivity contribution in [2.24, 2.45) is 0 Å². The molecule has 1 unspecified atom stereocenters. The Morgan fingerprint density at radius 3 is 2.39 bits per heavy atom. The Morgan fingerprint density at radius 1 is 0.889 bits per heavy atom. The predicted octanol–water partition coefficient (Wildman–Crippen LogP) is 5.44. The second-order valence-corrected chi connectivity index (χ2v) is 8.96. The van der Waals surface area contributed by atoms with Gasteiger partial charge in [-0.25, -0.2) is 4.98 Å². The molecule has 6 heteroatoms. The summed E-state index contributed by atoms with van der Waals surface area (Å²) in [7, 11) is 0. The largest absolute Gasteiger partial charge is 0.338 e. The van der Waals surface area contributed by atoms with Gasteiger partial charge in [0, 0.05) is 29.8 Å². The number of benzene rings is 4. The van der Waals surface area contributed by atoms with Crippen molar-refractivity contribution in [3.8, 4) is 11.4 Å². The van der Waals surface area contributed by atoms with Crippen LogP contribution in [0.2, 0.25) is 0 Å². The number of para-hydroxylation sites is 2. The van der Waals surface area contributed by atoms with E-state index in [9.17, 15) is 9.59 Å². The fraction of sp³-hybridized carbons (Fsp3) is 0.100. The Kier molecular flexibility index (Phi) is 5.54. The molecule has 0 radical (unpaired) electrons. The molecule has 176 valence electrons. The number of hydrogen-bond donors (Lipinski definition) is 2. The van der Waals surface area contributed by atoms with Crippen molar-refractivity contribution in [3.05, 3.63) is 120 Å². The average molecular weight is 473 g/mol. The number of amides is 2. The molecule has 0 aliphatic carbocycles. The first-order chi connectivity index (χ1) is 17.7. The summed E-state index contributed by atoms with van der Waals surface area (Å²) >= 11 is 0. The van der Waals surface area contributed by atoms with Crippen molar-refractivity contribution >= 4 is 28.5 Å². The van der Waals surface area contributed by atoms with E-state index in [1.165, 1.54) is 0 Å². The summed E-state index contributed by atoms with van der Waals surface area (Å²) in [5.74, 6) is 0.454. The van der Waals surface area contributed by atoms with Gasteiger partial charge < -0.3 is 15.2 Å². The fourth-order valence-corrected chi connectivity index (χ4v) is 4.74. The van der Waals surface area contributed by atoms with Crippen LogP contribution in [0.25, 0.3) is 22.4 Å². The SMILES string of the molecule is O=C(Nc1ccc(-c2nc3ccccc3[nH]2)cc1)C(Cc1ccccc1)N1Cc2ccccc2C1=O. The first-order valence-electron chi connectivity index (χ1n) is 11.9. The van der Waals surface area contributed by atoms with E-state index in [1.807, 2.05) is 103 Å². The van der Waals surface area contributed by atoms with Gasteiger partial charge in [-0.15, -0.1) is 0 Å². The molecular weight excluding hydrogens is 448 g/mol. The Labute approximate surface area is 208 Å². The summed E-state index contributed by atoms with van der Waals surface area (Å²) in [6.07, 6.45) is 0.434. The maximum atomic E-state index is 13.5. The number of fused-ring (bicyclic) bond motifs is 2. The van der Waals surface area contributed by atoms with Crippen LogP contribution in [0.5, 0.6) is 0 Å². The highest BCUT2D eigenvalue weighted by molar-refractivity contribution is 6.03. The zero-order valence-electron chi connectivity index (χ0n) is 19.5. The van der Waals surface area contributed by atoms with Crippen LogP contribution in [0.15, 0.2) is 103 Å². The summed E-state index contributed by atoms with van der Waals surface area (Å²) in [5, 5.41) is 3.03. The number of aromatic amines is 1. The van der Waals surface area contributed by atoms with Gasteiger partial charge in [-0.05, 0) is 53.6 Å². The van der Waals surface area contributed by atoms with Crippen LogP contribution in [0, 0.1) is 0 Å². The average Bonchev–Trinajstić information content (AvgIpc) is 3.50. The van der Waals surface area contributed by atoms with Gasteiger partial charge >= 0.3 is 0 Å². The highest BCUT2D eigenvalue weighted by Crippen LogP contribution is 2.27. The molecule has 0 fully saturated rings. The van der Waals surface area contributed by atoms with Crippen LogP contribution < -0.4 is 5.32 Å². The first-order valence-corrected chi connectivity index (χ1v) is 11.9. The molecule has 0 saturated heterocycles. The van der Waals surface area contributed by atoms with E-state index in [-0.39, 0.29) is 11.8 Å². The van der Waals surface area contributed by atoms with Crippen LogP contribution in [-0.2, 0) is 17.8 Å². The Morgan fingerprint density at radius 2 is 1.61 bits per heavy atom. The lowest BCUT2D eigenvalue weighted by Gasteiger charge is -2.27. The van der Waals surface area contributed by atoms with E-state index < -0.39 is 6.04 Å². The third kappa shape index (κ3) is 4.14. The minimum atomic E-state index is -0.637. The molecule has 4 aromatic carbocycles. The summed E-state index contributed by atoms with van der Waals surface area (Å²) in [5.41, 5.74) is 6.09. The molecule has 2 heterocycles. The number of imidazole rings is 1. The second kappa shape index (κ2) is 9.15. The molecule has 6 nitrogen and oxygen atoms in total. The van der Waals surface area contributed by atoms with E-state index in [2.05, 4.69) is 15.3 Å². The number of carbonyl (C=O) groups excluding carboxylic acids is 2. The summed E-state index contributed by atoms with van der Waals surface area (Å²) in [6, 6.07) is 32.2. The van der Waals surface area contributed by atoms with Crippen LogP contribution in [0.3, 0.4) is 0 Å². The van der Waals surface area contributed by atoms with Crippen LogP contribution in [-0.4, -0.2) is 32.7 Å². The lowest BCUT2D eigenvalue weighted by Crippen LogP contribution is -2.45. The third-order valence-corrected chi connectivity index (χ3v) is 6.62. The molecule has 0 saturated carbocycles. The van der Waals surface area contributed by atoms with E-state index in [0.717, 1.165) is 33.5 Å². The minimum Gasteiger partial charge on any atom is -0.338 e. The number of nitrogens with one attached hydrogen (secondary N) is 2. The summed E-state index contributed by atoms with van der Waals surface area (Å²) in [6.45, 7) is 0.422. The van der Waals surface area contributed by atoms with E-state index in [4.69, 9.17) is 0 Å². The molecule has 0 bridgehead atoms. The molecular formula is C30H24N4O2. The van der Waals surface area contributed by atoms with Crippen LogP contribution in [0.1, 0.15) is 21.5 Å². The Bertz CT molecular complexity index is 1520. The molecule has 6 rings (SSSR count). The molecule has 0 spiro atoms. The normalized spacial score (nSPS) is 13.6. The Balaban J connectivity index is 1.24. The van der Waals surface area contributed by atoms with Gasteiger partial charge in [0.25, 0.3) is 5.91 Å². The molecule has 1 aliphatic rings. The summed E-state index contributed by atoms with van der Waals surface area (Å²) in [4.78, 5) is 36.4. The minimum absolute atomic E-state index is 0.109. The smallest absolute Gasteiger partial charge is 0.255 e. The van der Waals surface area contributed by atoms with Crippen molar-refractivity contribution in [2.75, 3.05) is 5.32 Å². The molecule has 1 aromatic heterocycles. The van der Waals surface area contributed by atoms with Crippen LogP contribution in [0.4, 0.5) is 5.69 Å². The molecule has 36 heavy (non-hydrogen) atoms. The number of carbonyl (C=O) groups is 2. The fourth-order valence-electron chi connectivity index (χ4n) is 4.74. The van der Waals surface area contributed by atoms with Crippen molar-refractivity contribution in [1.29, 1.82) is 0 Å². The van der Waals surface area contributed by atoms with E-state index >= 15 is 0 Å². The van der Waals surface area contributed by atoms with Gasteiger partial charge in [-0.1, -0.05) is 60.7 Å². The van der Waals surface area contributed by atoms with E-state index in [0.29, 0.717) is 24.2 Å². The third-order valence-electron chi connectivity index (χ3n) is 6.62. The van der Waals surface area contributed by atoms with Gasteiger partial charge in [0.15, 0.2) is 0 Å². The van der Waals surface area contributed by atoms with Gasteiger partial charge in [-0.2, -0.15) is 0 Å². The highest BCUT2D eigenvalue weighted by atomic mass is 16.2. The molecule has 2 N–H and O–H groups in total. The van der Waals surface area contributed by atoms with Gasteiger partial charge in [0.2, 0.25) is 5.91 Å². The van der Waals surface area contributed by atoms with Gasteiger partial charge in [-0.3, -0.25) is 9.59 Å². The van der Waals surface area contributed by atoms with Crippen molar-refractivity contribution < 1.29 is 9.59 Å². The van der Waals surface area contributed by atoms with Crippen molar-refractivity contribution in [1.82, 2.24) is 14.9 Å². The molecule has 5 aromatic rings.